The van der Waals surface area contributed by atoms with Crippen molar-refractivity contribution >= 4 is 28.6 Å². The van der Waals surface area contributed by atoms with Gasteiger partial charge in [0.2, 0.25) is 0 Å². The summed E-state index contributed by atoms with van der Waals surface area (Å²) >= 11 is 0. The van der Waals surface area contributed by atoms with E-state index < -0.39 is 0 Å². The van der Waals surface area contributed by atoms with Crippen LogP contribution in [-0.4, -0.2) is 19.3 Å². The first-order chi connectivity index (χ1) is 14.3. The lowest BCUT2D eigenvalue weighted by atomic mass is 10.1. The lowest BCUT2D eigenvalue weighted by molar-refractivity contribution is 0.578. The van der Waals surface area contributed by atoms with Crippen molar-refractivity contribution in [2.45, 2.75) is 19.3 Å². The summed E-state index contributed by atoms with van der Waals surface area (Å²) in [6.07, 6.45) is 5.88. The number of piperidine rings is 1. The molecule has 3 nitrogen and oxygen atoms in total. The highest BCUT2D eigenvalue weighted by molar-refractivity contribution is 5.84. The summed E-state index contributed by atoms with van der Waals surface area (Å²) in [7, 11) is 0. The van der Waals surface area contributed by atoms with Gasteiger partial charge in [-0.2, -0.15) is 0 Å². The third-order valence-electron chi connectivity index (χ3n) is 5.55. The Balaban J connectivity index is 1.28. The van der Waals surface area contributed by atoms with Crippen LogP contribution >= 0.6 is 0 Å². The molecule has 1 fully saturated rings. The van der Waals surface area contributed by atoms with E-state index in [4.69, 9.17) is 4.42 Å². The van der Waals surface area contributed by atoms with Crippen LogP contribution in [0.25, 0.3) is 22.3 Å². The number of hydrogen-bond acceptors (Lipinski definition) is 3. The third-order valence-corrected chi connectivity index (χ3v) is 5.55. The van der Waals surface area contributed by atoms with Gasteiger partial charge in [-0.3, -0.25) is 4.99 Å². The molecular weight excluding hydrogens is 356 g/mol. The van der Waals surface area contributed by atoms with Crippen LogP contribution in [0.4, 0.5) is 11.4 Å². The van der Waals surface area contributed by atoms with Gasteiger partial charge in [0.05, 0.1) is 5.69 Å². The minimum Gasteiger partial charge on any atom is -0.456 e. The molecule has 1 aromatic heterocycles. The highest BCUT2D eigenvalue weighted by Crippen LogP contribution is 2.29. The van der Waals surface area contributed by atoms with Crippen molar-refractivity contribution in [3.8, 4) is 11.3 Å². The van der Waals surface area contributed by atoms with Crippen molar-refractivity contribution in [2.75, 3.05) is 18.0 Å². The molecule has 1 aliphatic heterocycles. The molecule has 3 aromatic carbocycles. The summed E-state index contributed by atoms with van der Waals surface area (Å²) in [5.74, 6) is 0.884. The van der Waals surface area contributed by atoms with E-state index in [0.29, 0.717) is 0 Å². The van der Waals surface area contributed by atoms with Gasteiger partial charge in [-0.15, -0.1) is 0 Å². The predicted molar refractivity (Wildman–Crippen MR) is 121 cm³/mol. The zero-order valence-corrected chi connectivity index (χ0v) is 16.4. The zero-order valence-electron chi connectivity index (χ0n) is 16.4. The van der Waals surface area contributed by atoms with Crippen LogP contribution in [0.15, 0.2) is 88.3 Å². The van der Waals surface area contributed by atoms with Gasteiger partial charge < -0.3 is 9.32 Å². The minimum atomic E-state index is 0.884. The highest BCUT2D eigenvalue weighted by Gasteiger charge is 2.10. The minimum absolute atomic E-state index is 0.884. The molecule has 4 aromatic rings. The van der Waals surface area contributed by atoms with E-state index in [1.54, 1.807) is 0 Å². The van der Waals surface area contributed by atoms with Crippen molar-refractivity contribution in [1.82, 2.24) is 0 Å². The smallest absolute Gasteiger partial charge is 0.135 e. The van der Waals surface area contributed by atoms with Gasteiger partial charge in [-0.25, -0.2) is 0 Å². The van der Waals surface area contributed by atoms with Gasteiger partial charge in [0.1, 0.15) is 11.3 Å². The van der Waals surface area contributed by atoms with Gasteiger partial charge in [0.25, 0.3) is 0 Å². The molecule has 0 aliphatic carbocycles. The van der Waals surface area contributed by atoms with E-state index in [-0.39, 0.29) is 0 Å². The number of benzene rings is 3. The Morgan fingerprint density at radius 2 is 1.55 bits per heavy atom. The Bertz CT molecular complexity index is 1080. The first-order valence-corrected chi connectivity index (χ1v) is 10.3. The Morgan fingerprint density at radius 1 is 0.793 bits per heavy atom. The standard InChI is InChI=1S/C26H24N2O/c1-4-16-28(17-5-1)24-14-8-20(9-15-24)19-27-23-12-10-21(11-13-23)26-18-22-6-2-3-7-25(22)29-26/h2-3,6-15,18-19H,1,4-5,16-17H2. The molecule has 3 heteroatoms. The molecule has 0 spiro atoms. The second-order valence-corrected chi connectivity index (χ2v) is 7.59. The molecule has 5 rings (SSSR count). The molecule has 1 saturated heterocycles. The van der Waals surface area contributed by atoms with Crippen LogP contribution in [0.2, 0.25) is 0 Å². The van der Waals surface area contributed by atoms with E-state index in [2.05, 4.69) is 58.4 Å². The predicted octanol–water partition coefficient (Wildman–Crippen LogP) is 6.84. The Kier molecular flexibility index (Phi) is 4.87. The molecule has 0 bridgehead atoms. The maximum atomic E-state index is 5.94. The number of aliphatic imine (C=N–C) groups is 1. The zero-order chi connectivity index (χ0) is 19.5. The molecule has 0 radical (unpaired) electrons. The van der Waals surface area contributed by atoms with Crippen molar-refractivity contribution in [1.29, 1.82) is 0 Å². The summed E-state index contributed by atoms with van der Waals surface area (Å²) < 4.78 is 5.94. The van der Waals surface area contributed by atoms with Crippen LogP contribution in [0.1, 0.15) is 24.8 Å². The van der Waals surface area contributed by atoms with E-state index >= 15 is 0 Å². The first kappa shape index (κ1) is 17.7. The van der Waals surface area contributed by atoms with Crippen LogP contribution in [0.5, 0.6) is 0 Å². The van der Waals surface area contributed by atoms with Crippen molar-refractivity contribution in [3.63, 3.8) is 0 Å². The lowest BCUT2D eigenvalue weighted by Gasteiger charge is -2.28. The number of para-hydroxylation sites is 1. The molecule has 2 heterocycles. The second-order valence-electron chi connectivity index (χ2n) is 7.59. The Labute approximate surface area is 171 Å². The van der Waals surface area contributed by atoms with Gasteiger partial charge in [-0.05, 0) is 73.4 Å². The largest absolute Gasteiger partial charge is 0.456 e. The van der Waals surface area contributed by atoms with E-state index in [1.165, 1.54) is 38.0 Å². The summed E-state index contributed by atoms with van der Waals surface area (Å²) in [6.45, 7) is 2.34. The van der Waals surface area contributed by atoms with Gasteiger partial charge in [0.15, 0.2) is 0 Å². The van der Waals surface area contributed by atoms with Crippen LogP contribution in [-0.2, 0) is 0 Å². The Hall–Kier alpha value is -3.33. The topological polar surface area (TPSA) is 28.7 Å². The lowest BCUT2D eigenvalue weighted by Crippen LogP contribution is -2.29. The quantitative estimate of drug-likeness (QED) is 0.363. The van der Waals surface area contributed by atoms with Crippen LogP contribution in [0, 0.1) is 0 Å². The van der Waals surface area contributed by atoms with E-state index in [9.17, 15) is 0 Å². The summed E-state index contributed by atoms with van der Waals surface area (Å²) in [5, 5.41) is 1.12. The molecule has 0 amide bonds. The van der Waals surface area contributed by atoms with Crippen molar-refractivity contribution < 1.29 is 4.42 Å². The fourth-order valence-electron chi connectivity index (χ4n) is 3.91. The average Bonchev–Trinajstić information content (AvgIpc) is 3.23. The number of hydrogen-bond donors (Lipinski definition) is 0. The number of anilines is 1. The highest BCUT2D eigenvalue weighted by atomic mass is 16.3. The summed E-state index contributed by atoms with van der Waals surface area (Å²) in [6, 6.07) is 27.0. The number of nitrogens with zero attached hydrogens (tertiary/aromatic N) is 2. The first-order valence-electron chi connectivity index (χ1n) is 10.3. The summed E-state index contributed by atoms with van der Waals surface area (Å²) in [5.41, 5.74) is 5.35. The molecule has 29 heavy (non-hydrogen) atoms. The van der Waals surface area contributed by atoms with E-state index in [0.717, 1.165) is 33.5 Å². The maximum absolute atomic E-state index is 5.94. The molecule has 0 saturated carbocycles. The molecule has 0 unspecified atom stereocenters. The third kappa shape index (κ3) is 3.95. The number of rotatable bonds is 4. The summed E-state index contributed by atoms with van der Waals surface area (Å²) in [4.78, 5) is 7.10. The van der Waals surface area contributed by atoms with Crippen molar-refractivity contribution in [3.05, 3.63) is 84.4 Å². The van der Waals surface area contributed by atoms with Crippen LogP contribution in [0.3, 0.4) is 0 Å². The Morgan fingerprint density at radius 3 is 2.31 bits per heavy atom. The van der Waals surface area contributed by atoms with Crippen molar-refractivity contribution in [2.24, 2.45) is 4.99 Å². The fraction of sp³-hybridized carbons (Fsp3) is 0.192. The molecule has 0 N–H and O–H groups in total. The molecular formula is C26H24N2O. The van der Waals surface area contributed by atoms with Crippen LogP contribution < -0.4 is 4.90 Å². The van der Waals surface area contributed by atoms with E-state index in [1.807, 2.05) is 36.5 Å². The van der Waals surface area contributed by atoms with Gasteiger partial charge in [-0.1, -0.05) is 30.3 Å². The monoisotopic (exact) mass is 380 g/mol. The maximum Gasteiger partial charge on any atom is 0.135 e. The number of fused-ring (bicyclic) bond motifs is 1. The SMILES string of the molecule is C(=Nc1ccc(-c2cc3ccccc3o2)cc1)c1ccc(N2CCCCC2)cc1. The fourth-order valence-corrected chi connectivity index (χ4v) is 3.91. The average molecular weight is 380 g/mol. The van der Waals surface area contributed by atoms with Gasteiger partial charge >= 0.3 is 0 Å². The van der Waals surface area contributed by atoms with Gasteiger partial charge in [0, 0.05) is 35.9 Å². The molecule has 0 atom stereocenters. The normalized spacial score (nSPS) is 14.7. The number of furan rings is 1. The second kappa shape index (κ2) is 7.96. The molecule has 144 valence electrons. The molecule has 1 aliphatic rings.